The van der Waals surface area contributed by atoms with Crippen LogP contribution in [0.4, 0.5) is 0 Å². The average molecular weight is 228 g/mol. The van der Waals surface area contributed by atoms with E-state index in [0.29, 0.717) is 16.7 Å². The predicted molar refractivity (Wildman–Crippen MR) is 54.7 cm³/mol. The summed E-state index contributed by atoms with van der Waals surface area (Å²) in [5.41, 5.74) is 0. The third-order valence-electron chi connectivity index (χ3n) is 1.73. The SMILES string of the molecule is CC(Sc1ccccc1)([N+](=O)[O-])[N+](=O)[O-]. The first-order chi connectivity index (χ1) is 6.97. The van der Waals surface area contributed by atoms with Crippen molar-refractivity contribution in [2.75, 3.05) is 0 Å². The first-order valence-electron chi connectivity index (χ1n) is 4.00. The van der Waals surface area contributed by atoms with E-state index in [2.05, 4.69) is 0 Å². The summed E-state index contributed by atoms with van der Waals surface area (Å²) in [7, 11) is 0. The van der Waals surface area contributed by atoms with Crippen molar-refractivity contribution >= 4 is 11.8 Å². The molecule has 0 aliphatic rings. The molecule has 7 heteroatoms. The van der Waals surface area contributed by atoms with Crippen LogP contribution in [0.3, 0.4) is 0 Å². The molecule has 0 saturated carbocycles. The highest BCUT2D eigenvalue weighted by molar-refractivity contribution is 8.00. The quantitative estimate of drug-likeness (QED) is 0.340. The zero-order chi connectivity index (χ0) is 11.5. The van der Waals surface area contributed by atoms with Gasteiger partial charge in [0, 0.05) is 16.7 Å². The Morgan fingerprint density at radius 3 is 2.00 bits per heavy atom. The second-order valence-electron chi connectivity index (χ2n) is 2.86. The maximum Gasteiger partial charge on any atom is 0.507 e. The summed E-state index contributed by atoms with van der Waals surface area (Å²) in [6, 6.07) is 8.26. The molecule has 0 spiro atoms. The average Bonchev–Trinajstić information content (AvgIpc) is 2.18. The van der Waals surface area contributed by atoms with Crippen LogP contribution in [-0.4, -0.2) is 14.8 Å². The van der Waals surface area contributed by atoms with Gasteiger partial charge in [0.1, 0.15) is 9.85 Å². The standard InChI is InChI=1S/C8H8N2O4S/c1-8(9(11)12,10(13)14)15-7-5-3-2-4-6-7/h2-6H,1H3. The third-order valence-corrected chi connectivity index (χ3v) is 2.92. The van der Waals surface area contributed by atoms with Crippen LogP contribution >= 0.6 is 11.8 Å². The Kier molecular flexibility index (Phi) is 3.25. The summed E-state index contributed by atoms with van der Waals surface area (Å²) >= 11 is 0.609. The Labute approximate surface area is 89.6 Å². The van der Waals surface area contributed by atoms with Gasteiger partial charge in [-0.05, 0) is 12.1 Å². The van der Waals surface area contributed by atoms with Gasteiger partial charge in [-0.1, -0.05) is 18.2 Å². The van der Waals surface area contributed by atoms with Crippen LogP contribution in [0, 0.1) is 20.2 Å². The summed E-state index contributed by atoms with van der Waals surface area (Å²) in [5.74, 6) is 0. The molecule has 1 aromatic rings. The molecule has 6 nitrogen and oxygen atoms in total. The molecule has 1 rings (SSSR count). The van der Waals surface area contributed by atoms with E-state index in [1.54, 1.807) is 30.3 Å². The van der Waals surface area contributed by atoms with Gasteiger partial charge in [-0.25, -0.2) is 0 Å². The third kappa shape index (κ3) is 2.44. The summed E-state index contributed by atoms with van der Waals surface area (Å²) in [6.07, 6.45) is 0. The number of nitrogens with zero attached hydrogens (tertiary/aromatic N) is 2. The number of rotatable bonds is 4. The Bertz CT molecular complexity index is 367. The van der Waals surface area contributed by atoms with Gasteiger partial charge in [0.2, 0.25) is 0 Å². The van der Waals surface area contributed by atoms with Gasteiger partial charge < -0.3 is 0 Å². The molecule has 0 heterocycles. The van der Waals surface area contributed by atoms with Gasteiger partial charge in [-0.3, -0.25) is 20.2 Å². The lowest BCUT2D eigenvalue weighted by molar-refractivity contribution is -0.756. The molecule has 0 aliphatic carbocycles. The molecule has 0 saturated heterocycles. The molecule has 0 aliphatic heterocycles. The van der Waals surface area contributed by atoms with Crippen LogP contribution in [0.15, 0.2) is 35.2 Å². The molecule has 0 radical (unpaired) electrons. The zero-order valence-corrected chi connectivity index (χ0v) is 8.64. The van der Waals surface area contributed by atoms with Gasteiger partial charge >= 0.3 is 4.99 Å². The van der Waals surface area contributed by atoms with Crippen LogP contribution in [0.25, 0.3) is 0 Å². The van der Waals surface area contributed by atoms with Crippen LogP contribution in [0.5, 0.6) is 0 Å². The maximum atomic E-state index is 10.6. The normalized spacial score (nSPS) is 11.0. The first kappa shape index (κ1) is 11.4. The molecule has 0 aromatic heterocycles. The minimum absolute atomic E-state index is 0.494. The highest BCUT2D eigenvalue weighted by Gasteiger charge is 2.52. The largest absolute Gasteiger partial charge is 0.507 e. The molecule has 1 aromatic carbocycles. The molecule has 0 amide bonds. The van der Waals surface area contributed by atoms with Gasteiger partial charge in [0.05, 0.1) is 6.92 Å². The lowest BCUT2D eigenvalue weighted by Crippen LogP contribution is -2.39. The van der Waals surface area contributed by atoms with E-state index in [0.717, 1.165) is 6.92 Å². The summed E-state index contributed by atoms with van der Waals surface area (Å²) < 4.78 is 0. The number of benzene rings is 1. The van der Waals surface area contributed by atoms with Gasteiger partial charge in [0.15, 0.2) is 0 Å². The van der Waals surface area contributed by atoms with Crippen LogP contribution in [0.1, 0.15) is 6.92 Å². The number of nitro groups is 2. The topological polar surface area (TPSA) is 86.3 Å². The minimum Gasteiger partial charge on any atom is -0.258 e. The number of hydrogen-bond donors (Lipinski definition) is 0. The van der Waals surface area contributed by atoms with Crippen molar-refractivity contribution in [3.05, 3.63) is 50.6 Å². The Morgan fingerprint density at radius 2 is 1.60 bits per heavy atom. The van der Waals surface area contributed by atoms with Crippen LogP contribution in [0.2, 0.25) is 0 Å². The highest BCUT2D eigenvalue weighted by atomic mass is 32.2. The second-order valence-corrected chi connectivity index (χ2v) is 4.31. The number of hydrogen-bond acceptors (Lipinski definition) is 5. The molecular weight excluding hydrogens is 220 g/mol. The van der Waals surface area contributed by atoms with E-state index in [1.807, 2.05) is 0 Å². The lowest BCUT2D eigenvalue weighted by atomic mass is 10.4. The fourth-order valence-corrected chi connectivity index (χ4v) is 1.74. The van der Waals surface area contributed by atoms with Crippen molar-refractivity contribution in [3.8, 4) is 0 Å². The second kappa shape index (κ2) is 4.26. The Balaban J connectivity index is 2.95. The molecule has 0 N–H and O–H groups in total. The van der Waals surface area contributed by atoms with Crippen molar-refractivity contribution in [1.29, 1.82) is 0 Å². The van der Waals surface area contributed by atoms with Crippen molar-refractivity contribution in [3.63, 3.8) is 0 Å². The molecule has 0 fully saturated rings. The van der Waals surface area contributed by atoms with Crippen LogP contribution in [-0.2, 0) is 0 Å². The highest BCUT2D eigenvalue weighted by Crippen LogP contribution is 2.33. The van der Waals surface area contributed by atoms with Crippen molar-refractivity contribution in [2.45, 2.75) is 16.8 Å². The monoisotopic (exact) mass is 228 g/mol. The summed E-state index contributed by atoms with van der Waals surface area (Å²) in [4.78, 5) is 17.7. The lowest BCUT2D eigenvalue weighted by Gasteiger charge is -2.10. The van der Waals surface area contributed by atoms with E-state index < -0.39 is 14.8 Å². The fraction of sp³-hybridized carbons (Fsp3) is 0.250. The molecule has 0 unspecified atom stereocenters. The van der Waals surface area contributed by atoms with Crippen molar-refractivity contribution < 1.29 is 9.85 Å². The van der Waals surface area contributed by atoms with E-state index in [1.165, 1.54) is 0 Å². The predicted octanol–water partition coefficient (Wildman–Crippen LogP) is 2.01. The van der Waals surface area contributed by atoms with Gasteiger partial charge in [0.25, 0.3) is 0 Å². The van der Waals surface area contributed by atoms with Crippen molar-refractivity contribution in [2.24, 2.45) is 0 Å². The van der Waals surface area contributed by atoms with E-state index in [9.17, 15) is 20.2 Å². The molecular formula is C8H8N2O4S. The van der Waals surface area contributed by atoms with Gasteiger partial charge in [-0.2, -0.15) is 0 Å². The number of thioether (sulfide) groups is 1. The molecule has 0 bridgehead atoms. The van der Waals surface area contributed by atoms with E-state index in [-0.39, 0.29) is 0 Å². The Morgan fingerprint density at radius 1 is 1.13 bits per heavy atom. The van der Waals surface area contributed by atoms with Crippen LogP contribution < -0.4 is 0 Å². The molecule has 80 valence electrons. The van der Waals surface area contributed by atoms with E-state index >= 15 is 0 Å². The zero-order valence-electron chi connectivity index (χ0n) is 7.82. The van der Waals surface area contributed by atoms with Gasteiger partial charge in [-0.15, -0.1) is 0 Å². The summed E-state index contributed by atoms with van der Waals surface area (Å²) in [6.45, 7) is 0.977. The molecule has 0 atom stereocenters. The van der Waals surface area contributed by atoms with E-state index in [4.69, 9.17) is 0 Å². The Hall–Kier alpha value is -1.63. The molecule has 15 heavy (non-hydrogen) atoms. The fourth-order valence-electron chi connectivity index (χ4n) is 0.853. The summed E-state index contributed by atoms with van der Waals surface area (Å²) in [5, 5.41) is 21.2. The maximum absolute atomic E-state index is 10.6. The minimum atomic E-state index is -2.23. The smallest absolute Gasteiger partial charge is 0.258 e. The van der Waals surface area contributed by atoms with Crippen molar-refractivity contribution in [1.82, 2.24) is 0 Å². The first-order valence-corrected chi connectivity index (χ1v) is 4.81.